The molecule has 0 fully saturated rings. The van der Waals surface area contributed by atoms with Gasteiger partial charge in [-0.05, 0) is 41.3 Å². The van der Waals surface area contributed by atoms with E-state index in [9.17, 15) is 9.59 Å². The molecule has 144 valence electrons. The standard InChI is InChI=1S/C21H23N5O2/c1-14-11-19(27)25(2)24-20(14)15-3-5-18(6-4-15)23-21(28)26-10-8-16-12-22-9-7-17(16)13-26/h3-7,9,12,14H,8,10-11,13H2,1-2H3,(H,23,28). The third-order valence-corrected chi connectivity index (χ3v) is 5.30. The first kappa shape index (κ1) is 18.2. The Kier molecular flexibility index (Phi) is 4.81. The van der Waals surface area contributed by atoms with Crippen molar-refractivity contribution in [3.63, 3.8) is 0 Å². The van der Waals surface area contributed by atoms with Crippen LogP contribution in [0.15, 0.2) is 47.8 Å². The second-order valence-electron chi connectivity index (χ2n) is 7.33. The number of amides is 3. The van der Waals surface area contributed by atoms with Crippen LogP contribution in [0.3, 0.4) is 0 Å². The van der Waals surface area contributed by atoms with Gasteiger partial charge >= 0.3 is 6.03 Å². The zero-order valence-electron chi connectivity index (χ0n) is 16.1. The molecule has 2 aliphatic rings. The molecule has 1 aromatic carbocycles. The number of aromatic nitrogens is 1. The quantitative estimate of drug-likeness (QED) is 0.874. The van der Waals surface area contributed by atoms with Crippen LogP contribution in [0.4, 0.5) is 10.5 Å². The number of carbonyl (C=O) groups is 2. The number of nitrogens with one attached hydrogen (secondary N) is 1. The highest BCUT2D eigenvalue weighted by Gasteiger charge is 2.25. The van der Waals surface area contributed by atoms with Gasteiger partial charge in [0.1, 0.15) is 0 Å². The maximum absolute atomic E-state index is 12.6. The van der Waals surface area contributed by atoms with Gasteiger partial charge in [0.15, 0.2) is 0 Å². The second-order valence-corrected chi connectivity index (χ2v) is 7.33. The van der Waals surface area contributed by atoms with E-state index in [1.165, 1.54) is 10.6 Å². The molecule has 0 saturated carbocycles. The van der Waals surface area contributed by atoms with Crippen molar-refractivity contribution in [3.05, 3.63) is 59.4 Å². The minimum Gasteiger partial charge on any atom is -0.320 e. The zero-order chi connectivity index (χ0) is 19.7. The van der Waals surface area contributed by atoms with Crippen molar-refractivity contribution in [2.45, 2.75) is 26.3 Å². The molecule has 3 heterocycles. The van der Waals surface area contributed by atoms with Crippen LogP contribution in [0.2, 0.25) is 0 Å². The van der Waals surface area contributed by atoms with Gasteiger partial charge in [0.05, 0.1) is 5.71 Å². The van der Waals surface area contributed by atoms with Gasteiger partial charge in [-0.1, -0.05) is 19.1 Å². The normalized spacial score (nSPS) is 19.1. The highest BCUT2D eigenvalue weighted by molar-refractivity contribution is 6.06. The summed E-state index contributed by atoms with van der Waals surface area (Å²) in [4.78, 5) is 30.3. The Hall–Kier alpha value is -3.22. The van der Waals surface area contributed by atoms with E-state index in [-0.39, 0.29) is 17.9 Å². The number of rotatable bonds is 2. The number of pyridine rings is 1. The average Bonchev–Trinajstić information content (AvgIpc) is 2.71. The fourth-order valence-corrected chi connectivity index (χ4v) is 3.62. The molecular formula is C21H23N5O2. The van der Waals surface area contributed by atoms with Gasteiger partial charge in [-0.2, -0.15) is 5.10 Å². The smallest absolute Gasteiger partial charge is 0.320 e. The molecule has 0 bridgehead atoms. The van der Waals surface area contributed by atoms with Crippen molar-refractivity contribution in [1.82, 2.24) is 14.9 Å². The van der Waals surface area contributed by atoms with Gasteiger partial charge in [-0.3, -0.25) is 9.78 Å². The third kappa shape index (κ3) is 3.60. The summed E-state index contributed by atoms with van der Waals surface area (Å²) in [5.41, 5.74) is 4.95. The van der Waals surface area contributed by atoms with E-state index in [1.54, 1.807) is 13.2 Å². The van der Waals surface area contributed by atoms with E-state index in [4.69, 9.17) is 0 Å². The van der Waals surface area contributed by atoms with Crippen LogP contribution in [-0.2, 0) is 17.8 Å². The SMILES string of the molecule is CC1CC(=O)N(C)N=C1c1ccc(NC(=O)N2CCc3cnccc3C2)cc1. The fourth-order valence-electron chi connectivity index (χ4n) is 3.62. The van der Waals surface area contributed by atoms with Crippen molar-refractivity contribution in [3.8, 4) is 0 Å². The lowest BCUT2D eigenvalue weighted by Crippen LogP contribution is -2.38. The number of fused-ring (bicyclic) bond motifs is 1. The molecule has 1 unspecified atom stereocenters. The van der Waals surface area contributed by atoms with E-state index in [2.05, 4.69) is 15.4 Å². The molecule has 0 saturated heterocycles. The number of hydrogen-bond acceptors (Lipinski definition) is 4. The lowest BCUT2D eigenvalue weighted by molar-refractivity contribution is -0.131. The van der Waals surface area contributed by atoms with Crippen molar-refractivity contribution < 1.29 is 9.59 Å². The lowest BCUT2D eigenvalue weighted by Gasteiger charge is -2.28. The highest BCUT2D eigenvalue weighted by Crippen LogP contribution is 2.22. The molecule has 0 aliphatic carbocycles. The molecule has 3 amide bonds. The largest absolute Gasteiger partial charge is 0.322 e. The number of anilines is 1. The van der Waals surface area contributed by atoms with Crippen molar-refractivity contribution >= 4 is 23.3 Å². The van der Waals surface area contributed by atoms with Gasteiger partial charge in [0, 0.05) is 50.6 Å². The predicted octanol–water partition coefficient (Wildman–Crippen LogP) is 2.87. The summed E-state index contributed by atoms with van der Waals surface area (Å²) in [6, 6.07) is 9.49. The first-order valence-electron chi connectivity index (χ1n) is 9.44. The molecule has 7 nitrogen and oxygen atoms in total. The maximum Gasteiger partial charge on any atom is 0.322 e. The predicted molar refractivity (Wildman–Crippen MR) is 107 cm³/mol. The summed E-state index contributed by atoms with van der Waals surface area (Å²) in [5, 5.41) is 8.76. The van der Waals surface area contributed by atoms with E-state index >= 15 is 0 Å². The molecule has 4 rings (SSSR count). The van der Waals surface area contributed by atoms with E-state index in [0.29, 0.717) is 19.5 Å². The molecule has 7 heteroatoms. The Labute approximate surface area is 164 Å². The van der Waals surface area contributed by atoms with Crippen molar-refractivity contribution in [2.24, 2.45) is 11.0 Å². The Morgan fingerprint density at radius 2 is 1.96 bits per heavy atom. The van der Waals surface area contributed by atoms with Crippen molar-refractivity contribution in [2.75, 3.05) is 18.9 Å². The number of hydrazone groups is 1. The lowest BCUT2D eigenvalue weighted by atomic mass is 9.94. The van der Waals surface area contributed by atoms with E-state index < -0.39 is 0 Å². The summed E-state index contributed by atoms with van der Waals surface area (Å²) in [7, 11) is 1.68. The molecule has 1 aromatic heterocycles. The van der Waals surface area contributed by atoms with Gasteiger partial charge in [0.25, 0.3) is 0 Å². The molecule has 0 radical (unpaired) electrons. The van der Waals surface area contributed by atoms with Crippen LogP contribution in [0.25, 0.3) is 0 Å². The third-order valence-electron chi connectivity index (χ3n) is 5.30. The van der Waals surface area contributed by atoms with Gasteiger partial charge in [-0.15, -0.1) is 0 Å². The number of carbonyl (C=O) groups excluding carboxylic acids is 2. The van der Waals surface area contributed by atoms with E-state index in [0.717, 1.165) is 28.9 Å². The highest BCUT2D eigenvalue weighted by atomic mass is 16.2. The molecule has 28 heavy (non-hydrogen) atoms. The van der Waals surface area contributed by atoms with Gasteiger partial charge < -0.3 is 10.2 Å². The Morgan fingerprint density at radius 1 is 1.18 bits per heavy atom. The maximum atomic E-state index is 12.6. The monoisotopic (exact) mass is 377 g/mol. The van der Waals surface area contributed by atoms with Crippen molar-refractivity contribution in [1.29, 1.82) is 0 Å². The molecular weight excluding hydrogens is 354 g/mol. The zero-order valence-corrected chi connectivity index (χ0v) is 16.1. The molecule has 0 spiro atoms. The minimum absolute atomic E-state index is 0.0269. The van der Waals surface area contributed by atoms with Crippen LogP contribution in [0.1, 0.15) is 30.0 Å². The number of urea groups is 1. The van der Waals surface area contributed by atoms with Crippen LogP contribution in [-0.4, -0.2) is 46.1 Å². The van der Waals surface area contributed by atoms with E-state index in [1.807, 2.05) is 48.4 Å². The first-order valence-corrected chi connectivity index (χ1v) is 9.44. The fraction of sp³-hybridized carbons (Fsp3) is 0.333. The summed E-state index contributed by atoms with van der Waals surface area (Å²) >= 11 is 0. The van der Waals surface area contributed by atoms with Gasteiger partial charge in [0.2, 0.25) is 5.91 Å². The topological polar surface area (TPSA) is 77.9 Å². The summed E-state index contributed by atoms with van der Waals surface area (Å²) in [6.07, 6.45) is 4.92. The number of benzene rings is 1. The summed E-state index contributed by atoms with van der Waals surface area (Å²) in [6.45, 7) is 3.27. The van der Waals surface area contributed by atoms with Crippen LogP contribution < -0.4 is 5.32 Å². The Bertz CT molecular complexity index is 938. The Morgan fingerprint density at radius 3 is 2.75 bits per heavy atom. The molecule has 2 aromatic rings. The first-order chi connectivity index (χ1) is 13.5. The Balaban J connectivity index is 1.43. The molecule has 2 aliphatic heterocycles. The molecule has 1 atom stereocenters. The number of hydrogen-bond donors (Lipinski definition) is 1. The van der Waals surface area contributed by atoms with Crippen LogP contribution in [0.5, 0.6) is 0 Å². The summed E-state index contributed by atoms with van der Waals surface area (Å²) in [5.74, 6) is 0.103. The average molecular weight is 377 g/mol. The summed E-state index contributed by atoms with van der Waals surface area (Å²) < 4.78 is 0. The van der Waals surface area contributed by atoms with Gasteiger partial charge in [-0.25, -0.2) is 9.80 Å². The van der Waals surface area contributed by atoms with Crippen LogP contribution in [0, 0.1) is 5.92 Å². The van der Waals surface area contributed by atoms with Crippen LogP contribution >= 0.6 is 0 Å². The second kappa shape index (κ2) is 7.42. The minimum atomic E-state index is -0.107. The molecule has 1 N–H and O–H groups in total. The number of nitrogens with zero attached hydrogens (tertiary/aromatic N) is 4.